The molecule has 0 saturated heterocycles. The van der Waals surface area contributed by atoms with Gasteiger partial charge in [-0.15, -0.1) is 10.9 Å². The normalized spacial score (nSPS) is 11.7. The summed E-state index contributed by atoms with van der Waals surface area (Å²) < 4.78 is 12.3. The van der Waals surface area contributed by atoms with Crippen LogP contribution in [0, 0.1) is 0 Å². The Balaban J connectivity index is 1.32. The van der Waals surface area contributed by atoms with E-state index in [9.17, 15) is 0 Å². The molecule has 14 radical (unpaired) electrons. The van der Waals surface area contributed by atoms with Crippen molar-refractivity contribution in [2.24, 2.45) is 0 Å². The molecule has 9 aromatic rings. The van der Waals surface area contributed by atoms with Crippen molar-refractivity contribution in [2.45, 2.75) is 0 Å². The van der Waals surface area contributed by atoms with E-state index < -0.39 is 0 Å². The number of hydrogen-bond acceptors (Lipinski definition) is 5. The highest BCUT2D eigenvalue weighted by atomic mass is 16.3. The molecule has 0 amide bonds. The molecule has 0 spiro atoms. The first kappa shape index (κ1) is 31.4. The summed E-state index contributed by atoms with van der Waals surface area (Å²) in [7, 11) is 45.5. The van der Waals surface area contributed by atoms with E-state index >= 15 is 0 Å². The summed E-state index contributed by atoms with van der Waals surface area (Å²) in [6.07, 6.45) is 0. The maximum atomic E-state index is 6.95. The van der Waals surface area contributed by atoms with Gasteiger partial charge in [0, 0.05) is 38.2 Å². The highest BCUT2D eigenvalue weighted by molar-refractivity contribution is 6.68. The molecule has 9 rings (SSSR count). The maximum absolute atomic E-state index is 6.95. The Hall–Kier alpha value is -5.62. The molecule has 0 fully saturated rings. The lowest BCUT2D eigenvalue weighted by atomic mass is 9.64. The monoisotopic (exact) mass is 635 g/mol. The van der Waals surface area contributed by atoms with Crippen LogP contribution in [0.15, 0.2) is 106 Å². The van der Waals surface area contributed by atoms with E-state index in [1.54, 1.807) is 0 Å². The van der Waals surface area contributed by atoms with E-state index in [4.69, 9.17) is 78.7 Å². The number of rotatable bonds is 4. The standard InChI is InChI=1S/C39H16B7N3O2/c40-28-25-26-29(41)31(43)32(44)34(46)36(26)51-35(25)33(45)30(42)27(28)39-48-37(19-10-6-9-18(15-19)17-7-2-1-3-8-17)47-38(49-39)20-13-14-22-21-11-4-5-12-23(21)50-24(22)16-20/h1-16H. The van der Waals surface area contributed by atoms with Crippen molar-refractivity contribution in [3.63, 3.8) is 0 Å². The van der Waals surface area contributed by atoms with Crippen LogP contribution in [0.3, 0.4) is 0 Å². The van der Waals surface area contributed by atoms with E-state index in [0.29, 0.717) is 33.6 Å². The molecule has 12 heteroatoms. The van der Waals surface area contributed by atoms with Crippen LogP contribution >= 0.6 is 0 Å². The fraction of sp³-hybridized carbons (Fsp3) is 0. The number of para-hydroxylation sites is 1. The van der Waals surface area contributed by atoms with Crippen molar-refractivity contribution < 1.29 is 8.83 Å². The first-order valence-corrected chi connectivity index (χ1v) is 16.0. The summed E-state index contributed by atoms with van der Waals surface area (Å²) in [5, 5.41) is 2.70. The van der Waals surface area contributed by atoms with Gasteiger partial charge in [-0.1, -0.05) is 100 Å². The van der Waals surface area contributed by atoms with Crippen LogP contribution in [-0.4, -0.2) is 69.9 Å². The molecular weight excluding hydrogens is 618 g/mol. The lowest BCUT2D eigenvalue weighted by molar-refractivity contribution is 0.669. The maximum Gasteiger partial charge on any atom is 0.164 e. The van der Waals surface area contributed by atoms with Crippen LogP contribution in [0.4, 0.5) is 0 Å². The van der Waals surface area contributed by atoms with Crippen molar-refractivity contribution in [1.29, 1.82) is 0 Å². The highest BCUT2D eigenvalue weighted by Gasteiger charge is 2.24. The Morgan fingerprint density at radius 2 is 0.941 bits per heavy atom. The highest BCUT2D eigenvalue weighted by Crippen LogP contribution is 2.33. The van der Waals surface area contributed by atoms with E-state index in [1.165, 1.54) is 0 Å². The second-order valence-corrected chi connectivity index (χ2v) is 12.3. The van der Waals surface area contributed by atoms with E-state index in [2.05, 4.69) is 0 Å². The average Bonchev–Trinajstić information content (AvgIpc) is 3.75. The number of furan rings is 2. The van der Waals surface area contributed by atoms with Crippen LogP contribution in [0.25, 0.3) is 89.2 Å². The number of nitrogens with zero attached hydrogens (tertiary/aromatic N) is 3. The molecule has 0 aliphatic rings. The summed E-state index contributed by atoms with van der Waals surface area (Å²) in [4.78, 5) is 14.8. The van der Waals surface area contributed by atoms with Crippen molar-refractivity contribution in [3.8, 4) is 45.3 Å². The Bertz CT molecular complexity index is 2900. The van der Waals surface area contributed by atoms with Gasteiger partial charge in [-0.2, -0.15) is 0 Å². The fourth-order valence-electron chi connectivity index (χ4n) is 6.72. The minimum absolute atomic E-state index is 0.0929. The molecule has 220 valence electrons. The van der Waals surface area contributed by atoms with Crippen LogP contribution in [0.2, 0.25) is 0 Å². The Morgan fingerprint density at radius 1 is 0.373 bits per heavy atom. The predicted molar refractivity (Wildman–Crippen MR) is 214 cm³/mol. The molecule has 3 aromatic heterocycles. The van der Waals surface area contributed by atoms with Gasteiger partial charge >= 0.3 is 0 Å². The summed E-state index contributed by atoms with van der Waals surface area (Å²) in [6, 6.07) is 31.7. The van der Waals surface area contributed by atoms with Gasteiger partial charge in [0.2, 0.25) is 0 Å². The second-order valence-electron chi connectivity index (χ2n) is 12.3. The number of benzene rings is 6. The van der Waals surface area contributed by atoms with Crippen molar-refractivity contribution >= 4 is 137 Å². The predicted octanol–water partition coefficient (Wildman–Crippen LogP) is 1.90. The third-order valence-corrected chi connectivity index (χ3v) is 9.36. The third-order valence-electron chi connectivity index (χ3n) is 9.36. The van der Waals surface area contributed by atoms with E-state index in [-0.39, 0.29) is 60.8 Å². The third kappa shape index (κ3) is 4.84. The van der Waals surface area contributed by atoms with Gasteiger partial charge in [-0.25, -0.2) is 15.0 Å². The molecule has 3 heterocycles. The summed E-state index contributed by atoms with van der Waals surface area (Å²) >= 11 is 0. The van der Waals surface area contributed by atoms with Crippen molar-refractivity contribution in [1.82, 2.24) is 15.0 Å². The lowest BCUT2D eigenvalue weighted by Crippen LogP contribution is -2.47. The van der Waals surface area contributed by atoms with Gasteiger partial charge in [-0.05, 0) is 35.4 Å². The van der Waals surface area contributed by atoms with Crippen LogP contribution < -0.4 is 38.2 Å². The first-order valence-electron chi connectivity index (χ1n) is 16.0. The molecular formula is C39H16B7N3O2. The summed E-state index contributed by atoms with van der Waals surface area (Å²) in [5.74, 6) is 0.920. The van der Waals surface area contributed by atoms with E-state index in [1.807, 2.05) is 97.1 Å². The fourth-order valence-corrected chi connectivity index (χ4v) is 6.72. The lowest BCUT2D eigenvalue weighted by Gasteiger charge is -2.17. The molecule has 5 nitrogen and oxygen atoms in total. The van der Waals surface area contributed by atoms with Crippen LogP contribution in [0.5, 0.6) is 0 Å². The van der Waals surface area contributed by atoms with Crippen LogP contribution in [0.1, 0.15) is 0 Å². The molecule has 0 saturated carbocycles. The minimum Gasteiger partial charge on any atom is -0.457 e. The van der Waals surface area contributed by atoms with Gasteiger partial charge < -0.3 is 8.83 Å². The van der Waals surface area contributed by atoms with Gasteiger partial charge in [0.15, 0.2) is 17.5 Å². The SMILES string of the molecule is [B]c1c([B])c([B])c2c(oc3c([B])c([B])c(-c4nc(-c5cccc(-c6ccccc6)c5)nc(-c5ccc6c(c5)oc5ccccc56)n4)c([B])c32)c1[B]. The first-order chi connectivity index (χ1) is 24.7. The van der Waals surface area contributed by atoms with Crippen molar-refractivity contribution in [2.75, 3.05) is 0 Å². The second kappa shape index (κ2) is 11.7. The molecule has 0 N–H and O–H groups in total. The minimum atomic E-state index is 0.0929. The summed E-state index contributed by atoms with van der Waals surface area (Å²) in [6.45, 7) is 0. The Labute approximate surface area is 302 Å². The van der Waals surface area contributed by atoms with Gasteiger partial charge in [0.1, 0.15) is 77.3 Å². The quantitative estimate of drug-likeness (QED) is 0.277. The smallest absolute Gasteiger partial charge is 0.164 e. The van der Waals surface area contributed by atoms with E-state index in [0.717, 1.165) is 33.0 Å². The van der Waals surface area contributed by atoms with Gasteiger partial charge in [-0.3, -0.25) is 0 Å². The molecule has 0 aliphatic heterocycles. The molecule has 0 unspecified atom stereocenters. The molecule has 6 aromatic carbocycles. The summed E-state index contributed by atoms with van der Waals surface area (Å²) in [5.41, 5.74) is 6.37. The Morgan fingerprint density at radius 3 is 1.71 bits per heavy atom. The average molecular weight is 634 g/mol. The van der Waals surface area contributed by atoms with Crippen LogP contribution in [-0.2, 0) is 0 Å². The Kier molecular flexibility index (Phi) is 7.22. The number of hydrogen-bond donors (Lipinski definition) is 0. The topological polar surface area (TPSA) is 65.0 Å². The molecule has 0 atom stereocenters. The molecule has 0 bridgehead atoms. The molecule has 0 aliphatic carbocycles. The van der Waals surface area contributed by atoms with Gasteiger partial charge in [0.05, 0.1) is 0 Å². The van der Waals surface area contributed by atoms with Crippen molar-refractivity contribution in [3.05, 3.63) is 97.1 Å². The largest absolute Gasteiger partial charge is 0.457 e. The zero-order valence-corrected chi connectivity index (χ0v) is 26.9. The number of fused-ring (bicyclic) bond motifs is 6. The molecule has 51 heavy (non-hydrogen) atoms. The van der Waals surface area contributed by atoms with Gasteiger partial charge in [0.25, 0.3) is 0 Å². The zero-order valence-electron chi connectivity index (χ0n) is 26.9. The number of aromatic nitrogens is 3. The zero-order chi connectivity index (χ0) is 35.1.